The van der Waals surface area contributed by atoms with E-state index in [-0.39, 0.29) is 33.8 Å². The summed E-state index contributed by atoms with van der Waals surface area (Å²) in [5.41, 5.74) is 0.847. The van der Waals surface area contributed by atoms with Crippen molar-refractivity contribution in [1.82, 2.24) is 0 Å². The van der Waals surface area contributed by atoms with Crippen LogP contribution >= 0.6 is 0 Å². The molecule has 26 heavy (non-hydrogen) atoms. The third-order valence-electron chi connectivity index (χ3n) is 4.91. The van der Waals surface area contributed by atoms with E-state index in [1.807, 2.05) is 0 Å². The van der Waals surface area contributed by atoms with Gasteiger partial charge in [0.1, 0.15) is 11.6 Å². The van der Waals surface area contributed by atoms with Crippen LogP contribution in [0.4, 0.5) is 8.78 Å². The van der Waals surface area contributed by atoms with Crippen LogP contribution in [-0.4, -0.2) is 11.6 Å². The van der Waals surface area contributed by atoms with Gasteiger partial charge in [0, 0.05) is 22.3 Å². The van der Waals surface area contributed by atoms with Gasteiger partial charge in [-0.1, -0.05) is 24.3 Å². The van der Waals surface area contributed by atoms with Crippen molar-refractivity contribution < 1.29 is 18.4 Å². The summed E-state index contributed by atoms with van der Waals surface area (Å²) >= 11 is 0. The zero-order chi connectivity index (χ0) is 18.0. The van der Waals surface area contributed by atoms with Crippen LogP contribution in [-0.2, 0) is 0 Å². The molecule has 0 fully saturated rings. The van der Waals surface area contributed by atoms with Crippen molar-refractivity contribution in [1.29, 1.82) is 0 Å². The minimum absolute atomic E-state index is 0.204. The first-order valence-corrected chi connectivity index (χ1v) is 8.08. The molecule has 0 heterocycles. The van der Waals surface area contributed by atoms with Crippen LogP contribution in [0.3, 0.4) is 0 Å². The lowest BCUT2D eigenvalue weighted by Crippen LogP contribution is -2.21. The highest BCUT2D eigenvalue weighted by atomic mass is 19.1. The van der Waals surface area contributed by atoms with Gasteiger partial charge in [-0.05, 0) is 57.9 Å². The minimum Gasteiger partial charge on any atom is -0.289 e. The van der Waals surface area contributed by atoms with E-state index >= 15 is 0 Å². The number of hydrogen-bond donors (Lipinski definition) is 0. The normalized spacial score (nSPS) is 13.2. The zero-order valence-corrected chi connectivity index (χ0v) is 13.3. The van der Waals surface area contributed by atoms with E-state index in [1.54, 1.807) is 36.4 Å². The maximum absolute atomic E-state index is 13.7. The highest BCUT2D eigenvalue weighted by molar-refractivity contribution is 6.35. The lowest BCUT2D eigenvalue weighted by atomic mass is 9.79. The summed E-state index contributed by atoms with van der Waals surface area (Å²) < 4.78 is 27.5. The molecule has 0 unspecified atom stereocenters. The maximum Gasteiger partial charge on any atom is 0.195 e. The predicted molar refractivity (Wildman–Crippen MR) is 94.7 cm³/mol. The number of fused-ring (bicyclic) bond motifs is 6. The Balaban J connectivity index is 1.90. The Morgan fingerprint density at radius 1 is 0.538 bits per heavy atom. The number of benzene rings is 4. The van der Waals surface area contributed by atoms with Gasteiger partial charge in [0.25, 0.3) is 0 Å². The van der Waals surface area contributed by atoms with Crippen LogP contribution in [0.25, 0.3) is 21.5 Å². The number of halogens is 2. The third kappa shape index (κ3) is 1.90. The Kier molecular flexibility index (Phi) is 2.89. The Morgan fingerprint density at radius 2 is 0.923 bits per heavy atom. The summed E-state index contributed by atoms with van der Waals surface area (Å²) in [6, 6.07) is 14.9. The molecule has 0 radical (unpaired) electrons. The van der Waals surface area contributed by atoms with Crippen molar-refractivity contribution in [3.63, 3.8) is 0 Å². The lowest BCUT2D eigenvalue weighted by molar-refractivity contribution is 0.0981. The molecule has 1 aliphatic rings. The van der Waals surface area contributed by atoms with Gasteiger partial charge in [-0.25, -0.2) is 8.78 Å². The van der Waals surface area contributed by atoms with E-state index in [0.29, 0.717) is 21.5 Å². The first-order chi connectivity index (χ1) is 12.5. The Bertz CT molecular complexity index is 1190. The molecule has 0 N–H and O–H groups in total. The molecule has 4 aromatic carbocycles. The average Bonchev–Trinajstić information content (AvgIpc) is 2.64. The van der Waals surface area contributed by atoms with Gasteiger partial charge in [-0.15, -0.1) is 0 Å². The molecule has 0 bridgehead atoms. The van der Waals surface area contributed by atoms with Gasteiger partial charge in [-0.3, -0.25) is 9.59 Å². The molecule has 0 atom stereocenters. The number of carbonyl (C=O) groups excluding carboxylic acids is 2. The standard InChI is InChI=1S/C22H10F2O2/c23-13-5-1-11-3-7-15-19(17(11)9-13)21(25)16-8-4-12-2-6-14(24)10-18(12)20(16)22(15)26/h1-10H. The van der Waals surface area contributed by atoms with Crippen molar-refractivity contribution in [2.45, 2.75) is 0 Å². The molecule has 0 saturated carbocycles. The molecule has 0 aromatic heterocycles. The fourth-order valence-corrected chi connectivity index (χ4v) is 3.72. The van der Waals surface area contributed by atoms with Gasteiger partial charge >= 0.3 is 0 Å². The molecule has 124 valence electrons. The predicted octanol–water partition coefficient (Wildman–Crippen LogP) is 5.05. The summed E-state index contributed by atoms with van der Waals surface area (Å²) in [5, 5.41) is 2.18. The van der Waals surface area contributed by atoms with Gasteiger partial charge < -0.3 is 0 Å². The molecule has 5 rings (SSSR count). The van der Waals surface area contributed by atoms with E-state index in [2.05, 4.69) is 0 Å². The fraction of sp³-hybridized carbons (Fsp3) is 0. The van der Waals surface area contributed by atoms with Crippen LogP contribution in [0.2, 0.25) is 0 Å². The summed E-state index contributed by atoms with van der Waals surface area (Å²) in [6.45, 7) is 0. The van der Waals surface area contributed by atoms with Crippen molar-refractivity contribution in [2.24, 2.45) is 0 Å². The highest BCUT2D eigenvalue weighted by Gasteiger charge is 2.32. The second-order valence-electron chi connectivity index (χ2n) is 6.37. The number of hydrogen-bond acceptors (Lipinski definition) is 2. The van der Waals surface area contributed by atoms with Gasteiger partial charge in [0.15, 0.2) is 11.6 Å². The average molecular weight is 344 g/mol. The van der Waals surface area contributed by atoms with Crippen molar-refractivity contribution in [3.05, 3.63) is 94.6 Å². The summed E-state index contributed by atoms with van der Waals surface area (Å²) in [6.07, 6.45) is 0. The van der Waals surface area contributed by atoms with Gasteiger partial charge in [-0.2, -0.15) is 0 Å². The van der Waals surface area contributed by atoms with Crippen molar-refractivity contribution in [3.8, 4) is 0 Å². The van der Waals surface area contributed by atoms with Gasteiger partial charge in [0.2, 0.25) is 0 Å². The largest absolute Gasteiger partial charge is 0.289 e. The van der Waals surface area contributed by atoms with E-state index in [9.17, 15) is 18.4 Å². The minimum atomic E-state index is -0.475. The number of carbonyl (C=O) groups is 2. The van der Waals surface area contributed by atoms with Crippen molar-refractivity contribution >= 4 is 33.1 Å². The molecule has 4 heteroatoms. The Labute approximate surface area is 146 Å². The van der Waals surface area contributed by atoms with Crippen LogP contribution in [0.5, 0.6) is 0 Å². The number of ketones is 2. The SMILES string of the molecule is O=C1c2ccc3ccc(F)cc3c2C(=O)c2ccc3ccc(F)cc3c21. The molecule has 4 aromatic rings. The molecule has 2 nitrogen and oxygen atoms in total. The summed E-state index contributed by atoms with van der Waals surface area (Å²) in [7, 11) is 0. The van der Waals surface area contributed by atoms with E-state index in [4.69, 9.17) is 0 Å². The molecule has 0 saturated heterocycles. The summed E-state index contributed by atoms with van der Waals surface area (Å²) in [4.78, 5) is 26.3. The second kappa shape index (κ2) is 5.05. The molecule has 0 aliphatic heterocycles. The molecular weight excluding hydrogens is 334 g/mol. The quantitative estimate of drug-likeness (QED) is 0.394. The highest BCUT2D eigenvalue weighted by Crippen LogP contribution is 2.36. The first kappa shape index (κ1) is 14.9. The first-order valence-electron chi connectivity index (χ1n) is 8.08. The molecule has 1 aliphatic carbocycles. The van der Waals surface area contributed by atoms with E-state index < -0.39 is 11.6 Å². The number of rotatable bonds is 0. The zero-order valence-electron chi connectivity index (χ0n) is 13.3. The van der Waals surface area contributed by atoms with E-state index in [1.165, 1.54) is 24.3 Å². The Hall–Kier alpha value is -3.40. The molecule has 0 amide bonds. The molecular formula is C22H10F2O2. The van der Waals surface area contributed by atoms with Gasteiger partial charge in [0.05, 0.1) is 0 Å². The monoisotopic (exact) mass is 344 g/mol. The van der Waals surface area contributed by atoms with Crippen LogP contribution in [0, 0.1) is 11.6 Å². The topological polar surface area (TPSA) is 34.1 Å². The van der Waals surface area contributed by atoms with E-state index in [0.717, 1.165) is 0 Å². The smallest absolute Gasteiger partial charge is 0.195 e. The van der Waals surface area contributed by atoms with Crippen LogP contribution in [0.1, 0.15) is 31.8 Å². The van der Waals surface area contributed by atoms with Crippen LogP contribution < -0.4 is 0 Å². The third-order valence-corrected chi connectivity index (χ3v) is 4.91. The lowest BCUT2D eigenvalue weighted by Gasteiger charge is -2.20. The Morgan fingerprint density at radius 3 is 1.35 bits per heavy atom. The second-order valence-corrected chi connectivity index (χ2v) is 6.37. The van der Waals surface area contributed by atoms with Crippen LogP contribution in [0.15, 0.2) is 60.7 Å². The maximum atomic E-state index is 13.7. The summed E-state index contributed by atoms with van der Waals surface area (Å²) in [5.74, 6) is -1.65. The fourth-order valence-electron chi connectivity index (χ4n) is 3.72. The molecule has 0 spiro atoms. The van der Waals surface area contributed by atoms with Crippen molar-refractivity contribution in [2.75, 3.05) is 0 Å².